The third kappa shape index (κ3) is 4.94. The summed E-state index contributed by atoms with van der Waals surface area (Å²) >= 11 is 0. The Morgan fingerprint density at radius 1 is 1.10 bits per heavy atom. The summed E-state index contributed by atoms with van der Waals surface area (Å²) in [6.45, 7) is 1.64. The number of phenols is 1. The highest BCUT2D eigenvalue weighted by molar-refractivity contribution is 6.00. The molecule has 154 valence electrons. The second-order valence-corrected chi connectivity index (χ2v) is 6.74. The van der Waals surface area contributed by atoms with Gasteiger partial charge in [-0.3, -0.25) is 5.32 Å². The van der Waals surface area contributed by atoms with Gasteiger partial charge in [-0.25, -0.2) is 14.0 Å². The summed E-state index contributed by atoms with van der Waals surface area (Å²) in [6.07, 6.45) is 0.523. The predicted molar refractivity (Wildman–Crippen MR) is 111 cm³/mol. The van der Waals surface area contributed by atoms with E-state index in [9.17, 15) is 19.1 Å². The van der Waals surface area contributed by atoms with Crippen molar-refractivity contribution in [2.45, 2.75) is 13.0 Å². The van der Waals surface area contributed by atoms with Gasteiger partial charge in [0.1, 0.15) is 6.10 Å². The largest absolute Gasteiger partial charge is 0.505 e. The van der Waals surface area contributed by atoms with Gasteiger partial charge < -0.3 is 14.9 Å². The molecule has 0 aliphatic heterocycles. The molecule has 3 N–H and O–H groups in total. The van der Waals surface area contributed by atoms with Crippen LogP contribution in [0.4, 0.5) is 14.9 Å². The van der Waals surface area contributed by atoms with E-state index in [0.717, 1.165) is 29.0 Å². The van der Waals surface area contributed by atoms with Gasteiger partial charge >= 0.3 is 12.1 Å². The van der Waals surface area contributed by atoms with E-state index in [4.69, 9.17) is 9.84 Å². The number of hydrogen-bond acceptors (Lipinski definition) is 4. The van der Waals surface area contributed by atoms with Crippen LogP contribution in [0.5, 0.6) is 5.75 Å². The van der Waals surface area contributed by atoms with E-state index in [2.05, 4.69) is 5.32 Å². The molecule has 0 aliphatic rings. The summed E-state index contributed by atoms with van der Waals surface area (Å²) in [5.41, 5.74) is 0.823. The third-order valence-corrected chi connectivity index (χ3v) is 4.58. The monoisotopic (exact) mass is 409 g/mol. The van der Waals surface area contributed by atoms with E-state index in [-0.39, 0.29) is 5.56 Å². The Bertz CT molecular complexity index is 1110. The molecule has 0 spiro atoms. The molecule has 0 heterocycles. The van der Waals surface area contributed by atoms with Gasteiger partial charge in [-0.2, -0.15) is 0 Å². The molecule has 6 nitrogen and oxygen atoms in total. The Hall–Kier alpha value is -3.87. The first-order valence-corrected chi connectivity index (χ1v) is 9.20. The van der Waals surface area contributed by atoms with Gasteiger partial charge in [-0.1, -0.05) is 55.5 Å². The molecule has 0 aliphatic carbocycles. The van der Waals surface area contributed by atoms with Crippen molar-refractivity contribution in [3.8, 4) is 5.75 Å². The van der Waals surface area contributed by atoms with Gasteiger partial charge in [0.15, 0.2) is 11.6 Å². The highest BCUT2D eigenvalue weighted by Gasteiger charge is 2.24. The first-order chi connectivity index (χ1) is 14.3. The number of ether oxygens (including phenoxy) is 1. The number of rotatable bonds is 6. The van der Waals surface area contributed by atoms with Crippen LogP contribution in [-0.4, -0.2) is 22.3 Å². The number of anilines is 1. The van der Waals surface area contributed by atoms with Gasteiger partial charge in [-0.05, 0) is 29.1 Å². The lowest BCUT2D eigenvalue weighted by Crippen LogP contribution is -2.21. The molecule has 0 aromatic heterocycles. The molecule has 3 aromatic rings. The van der Waals surface area contributed by atoms with Crippen LogP contribution in [0.3, 0.4) is 0 Å². The molecule has 0 saturated carbocycles. The Kier molecular flexibility index (Phi) is 6.32. The van der Waals surface area contributed by atoms with E-state index in [1.54, 1.807) is 19.1 Å². The minimum Gasteiger partial charge on any atom is -0.505 e. The highest BCUT2D eigenvalue weighted by atomic mass is 19.1. The Morgan fingerprint density at radius 3 is 2.57 bits per heavy atom. The minimum atomic E-state index is -1.15. The predicted octanol–water partition coefficient (Wildman–Crippen LogP) is 5.25. The fourth-order valence-corrected chi connectivity index (χ4v) is 3.10. The summed E-state index contributed by atoms with van der Waals surface area (Å²) in [7, 11) is 0. The number of aliphatic carboxylic acids is 1. The van der Waals surface area contributed by atoms with Gasteiger partial charge in [0.25, 0.3) is 0 Å². The third-order valence-electron chi connectivity index (χ3n) is 4.58. The first-order valence-electron chi connectivity index (χ1n) is 9.20. The second-order valence-electron chi connectivity index (χ2n) is 6.74. The van der Waals surface area contributed by atoms with Crippen LogP contribution in [0.2, 0.25) is 0 Å². The molecule has 0 bridgehead atoms. The highest BCUT2D eigenvalue weighted by Crippen LogP contribution is 2.31. The zero-order chi connectivity index (χ0) is 21.7. The van der Waals surface area contributed by atoms with E-state index >= 15 is 0 Å². The Morgan fingerprint density at radius 2 is 1.83 bits per heavy atom. The lowest BCUT2D eigenvalue weighted by atomic mass is 9.96. The number of phenolic OH excluding ortho intramolecular Hbond substituents is 1. The standard InChI is InChI=1S/C23H20FNO5/c1-14(9-12-21(27)28)22(16-10-11-20(26)18(24)13-16)30-23(29)25-19-8-4-6-15-5-2-3-7-17(15)19/h2-14,22,26H,1H3,(H,25,29)(H,27,28)/b12-9+/t14-,22-/m0/s1. The molecule has 7 heteroatoms. The molecule has 2 atom stereocenters. The molecule has 30 heavy (non-hydrogen) atoms. The number of nitrogens with one attached hydrogen (secondary N) is 1. The minimum absolute atomic E-state index is 0.279. The van der Waals surface area contributed by atoms with Crippen LogP contribution in [0.25, 0.3) is 10.8 Å². The van der Waals surface area contributed by atoms with Gasteiger partial charge in [0.05, 0.1) is 5.69 Å². The van der Waals surface area contributed by atoms with E-state index < -0.39 is 35.7 Å². The van der Waals surface area contributed by atoms with Crippen molar-refractivity contribution in [2.75, 3.05) is 5.32 Å². The number of aromatic hydroxyl groups is 1. The second kappa shape index (κ2) is 9.09. The number of carbonyl (C=O) groups excluding carboxylic acids is 1. The molecule has 0 radical (unpaired) electrons. The van der Waals surface area contributed by atoms with Crippen molar-refractivity contribution < 1.29 is 28.9 Å². The Balaban J connectivity index is 1.86. The summed E-state index contributed by atoms with van der Waals surface area (Å²) in [4.78, 5) is 23.5. The molecule has 0 unspecified atom stereocenters. The van der Waals surface area contributed by atoms with Gasteiger partial charge in [0.2, 0.25) is 0 Å². The number of carbonyl (C=O) groups is 2. The topological polar surface area (TPSA) is 95.9 Å². The van der Waals surface area contributed by atoms with Gasteiger partial charge in [-0.15, -0.1) is 0 Å². The van der Waals surface area contributed by atoms with Crippen LogP contribution in [0, 0.1) is 11.7 Å². The Labute approximate surface area is 172 Å². The zero-order valence-corrected chi connectivity index (χ0v) is 16.1. The first kappa shape index (κ1) is 20.9. The number of fused-ring (bicyclic) bond motifs is 1. The van der Waals surface area contributed by atoms with Crippen LogP contribution in [0.1, 0.15) is 18.6 Å². The maximum atomic E-state index is 13.9. The number of benzene rings is 3. The van der Waals surface area contributed by atoms with Crippen molar-refractivity contribution in [2.24, 2.45) is 5.92 Å². The van der Waals surface area contributed by atoms with Crippen molar-refractivity contribution in [1.29, 1.82) is 0 Å². The molecular weight excluding hydrogens is 389 g/mol. The summed E-state index contributed by atoms with van der Waals surface area (Å²) < 4.78 is 19.4. The van der Waals surface area contributed by atoms with Crippen molar-refractivity contribution in [1.82, 2.24) is 0 Å². The number of carboxylic acid groups (broad SMARTS) is 1. The summed E-state index contributed by atoms with van der Waals surface area (Å²) in [5, 5.41) is 22.7. The van der Waals surface area contributed by atoms with Crippen LogP contribution >= 0.6 is 0 Å². The average molecular weight is 409 g/mol. The SMILES string of the molecule is C[C@@H](/C=C/C(=O)O)[C@H](OC(=O)Nc1cccc2ccccc12)c1ccc(O)c(F)c1. The number of carboxylic acids is 1. The fourth-order valence-electron chi connectivity index (χ4n) is 3.10. The summed E-state index contributed by atoms with van der Waals surface area (Å²) in [5.74, 6) is -3.14. The van der Waals surface area contributed by atoms with Crippen molar-refractivity contribution in [3.05, 3.63) is 84.2 Å². The average Bonchev–Trinajstić information content (AvgIpc) is 2.72. The van der Waals surface area contributed by atoms with Crippen LogP contribution < -0.4 is 5.32 Å². The molecule has 0 fully saturated rings. The normalized spacial score (nSPS) is 13.1. The number of hydrogen-bond donors (Lipinski definition) is 3. The van der Waals surface area contributed by atoms with Crippen molar-refractivity contribution in [3.63, 3.8) is 0 Å². The molecular formula is C23H20FNO5. The smallest absolute Gasteiger partial charge is 0.412 e. The van der Waals surface area contributed by atoms with E-state index in [0.29, 0.717) is 5.69 Å². The number of amides is 1. The fraction of sp³-hybridized carbons (Fsp3) is 0.130. The maximum Gasteiger partial charge on any atom is 0.412 e. The molecule has 0 saturated heterocycles. The molecule has 3 aromatic carbocycles. The lowest BCUT2D eigenvalue weighted by molar-refractivity contribution is -0.131. The zero-order valence-electron chi connectivity index (χ0n) is 16.1. The van der Waals surface area contributed by atoms with Crippen molar-refractivity contribution >= 4 is 28.5 Å². The lowest BCUT2D eigenvalue weighted by Gasteiger charge is -2.23. The van der Waals surface area contributed by atoms with E-state index in [1.807, 2.05) is 30.3 Å². The van der Waals surface area contributed by atoms with Crippen LogP contribution in [-0.2, 0) is 9.53 Å². The van der Waals surface area contributed by atoms with E-state index in [1.165, 1.54) is 12.1 Å². The van der Waals surface area contributed by atoms with Crippen LogP contribution in [0.15, 0.2) is 72.8 Å². The molecule has 1 amide bonds. The van der Waals surface area contributed by atoms with Gasteiger partial charge in [0, 0.05) is 17.4 Å². The number of halogens is 1. The quantitative estimate of drug-likeness (QED) is 0.483. The summed E-state index contributed by atoms with van der Waals surface area (Å²) in [6, 6.07) is 16.5. The maximum absolute atomic E-state index is 13.9. The molecule has 3 rings (SSSR count).